The van der Waals surface area contributed by atoms with Crippen molar-refractivity contribution in [3.8, 4) is 0 Å². The number of hydrogen-bond acceptors (Lipinski definition) is 6. The van der Waals surface area contributed by atoms with Crippen LogP contribution in [0.4, 0.5) is 0 Å². The Kier molecular flexibility index (Phi) is 3.91. The molecule has 0 aromatic heterocycles. The average Bonchev–Trinajstić information content (AvgIpc) is 2.25. The second kappa shape index (κ2) is 5.45. The molecule has 2 aliphatic rings. The SMILES string of the molecule is C[C@H](CN1CC(=O)NC(=O)C1)N1CC(=O)NC(=O)C1. The minimum Gasteiger partial charge on any atom is -0.294 e. The van der Waals surface area contributed by atoms with Crippen LogP contribution in [0.15, 0.2) is 0 Å². The van der Waals surface area contributed by atoms with Gasteiger partial charge in [0, 0.05) is 12.6 Å². The highest BCUT2D eigenvalue weighted by Gasteiger charge is 2.29. The van der Waals surface area contributed by atoms with Crippen LogP contribution in [0.3, 0.4) is 0 Å². The molecule has 104 valence electrons. The van der Waals surface area contributed by atoms with Crippen molar-refractivity contribution in [3.63, 3.8) is 0 Å². The molecule has 2 N–H and O–H groups in total. The monoisotopic (exact) mass is 268 g/mol. The lowest BCUT2D eigenvalue weighted by Crippen LogP contribution is -2.58. The van der Waals surface area contributed by atoms with E-state index in [-0.39, 0.29) is 55.8 Å². The Morgan fingerprint density at radius 3 is 1.79 bits per heavy atom. The molecular formula is C11H16N4O4. The molecule has 0 aliphatic carbocycles. The van der Waals surface area contributed by atoms with E-state index in [4.69, 9.17) is 0 Å². The van der Waals surface area contributed by atoms with Gasteiger partial charge < -0.3 is 0 Å². The highest BCUT2D eigenvalue weighted by molar-refractivity contribution is 6.00. The van der Waals surface area contributed by atoms with E-state index >= 15 is 0 Å². The summed E-state index contributed by atoms with van der Waals surface area (Å²) in [5.74, 6) is -1.29. The highest BCUT2D eigenvalue weighted by Crippen LogP contribution is 2.06. The van der Waals surface area contributed by atoms with Crippen LogP contribution >= 0.6 is 0 Å². The topological polar surface area (TPSA) is 98.8 Å². The zero-order chi connectivity index (χ0) is 14.0. The molecule has 0 aromatic rings. The third kappa shape index (κ3) is 3.58. The molecule has 2 aliphatic heterocycles. The van der Waals surface area contributed by atoms with Crippen molar-refractivity contribution in [2.45, 2.75) is 13.0 Å². The first-order valence-electron chi connectivity index (χ1n) is 6.06. The van der Waals surface area contributed by atoms with Gasteiger partial charge in [-0.15, -0.1) is 0 Å². The lowest BCUT2D eigenvalue weighted by Gasteiger charge is -2.35. The Balaban J connectivity index is 1.91. The highest BCUT2D eigenvalue weighted by atomic mass is 16.2. The number of imide groups is 2. The fourth-order valence-corrected chi connectivity index (χ4v) is 2.29. The maximum Gasteiger partial charge on any atom is 0.240 e. The van der Waals surface area contributed by atoms with Crippen LogP contribution in [0.25, 0.3) is 0 Å². The molecule has 2 saturated heterocycles. The van der Waals surface area contributed by atoms with Gasteiger partial charge in [-0.3, -0.25) is 39.6 Å². The predicted molar refractivity (Wildman–Crippen MR) is 63.8 cm³/mol. The van der Waals surface area contributed by atoms with Gasteiger partial charge in [-0.1, -0.05) is 0 Å². The minimum atomic E-state index is -0.324. The molecule has 0 radical (unpaired) electrons. The van der Waals surface area contributed by atoms with Crippen LogP contribution < -0.4 is 10.6 Å². The van der Waals surface area contributed by atoms with E-state index < -0.39 is 0 Å². The van der Waals surface area contributed by atoms with Crippen LogP contribution in [0.1, 0.15) is 6.92 Å². The number of amides is 4. The van der Waals surface area contributed by atoms with Gasteiger partial charge in [-0.2, -0.15) is 0 Å². The first-order valence-corrected chi connectivity index (χ1v) is 6.06. The normalized spacial score (nSPS) is 24.1. The summed E-state index contributed by atoms with van der Waals surface area (Å²) in [6, 6.07) is -0.0892. The summed E-state index contributed by atoms with van der Waals surface area (Å²) in [6.07, 6.45) is 0. The summed E-state index contributed by atoms with van der Waals surface area (Å²) < 4.78 is 0. The Morgan fingerprint density at radius 2 is 1.32 bits per heavy atom. The summed E-state index contributed by atoms with van der Waals surface area (Å²) in [4.78, 5) is 48.5. The molecule has 19 heavy (non-hydrogen) atoms. The maximum atomic E-state index is 11.3. The molecular weight excluding hydrogens is 252 g/mol. The van der Waals surface area contributed by atoms with Crippen molar-refractivity contribution < 1.29 is 19.2 Å². The van der Waals surface area contributed by atoms with Crippen LogP contribution in [0, 0.1) is 0 Å². The first kappa shape index (κ1) is 13.6. The zero-order valence-electron chi connectivity index (χ0n) is 10.6. The number of nitrogens with one attached hydrogen (secondary N) is 2. The van der Waals surface area contributed by atoms with Crippen molar-refractivity contribution in [1.82, 2.24) is 20.4 Å². The number of nitrogens with zero attached hydrogens (tertiary/aromatic N) is 2. The van der Waals surface area contributed by atoms with Crippen molar-refractivity contribution in [2.24, 2.45) is 0 Å². The zero-order valence-corrected chi connectivity index (χ0v) is 10.6. The maximum absolute atomic E-state index is 11.3. The quantitative estimate of drug-likeness (QED) is 0.540. The molecule has 0 spiro atoms. The lowest BCUT2D eigenvalue weighted by atomic mass is 10.2. The van der Waals surface area contributed by atoms with Crippen molar-refractivity contribution in [1.29, 1.82) is 0 Å². The minimum absolute atomic E-state index is 0.0892. The molecule has 0 unspecified atom stereocenters. The summed E-state index contributed by atoms with van der Waals surface area (Å²) in [6.45, 7) is 2.94. The lowest BCUT2D eigenvalue weighted by molar-refractivity contribution is -0.140. The van der Waals surface area contributed by atoms with E-state index in [1.807, 2.05) is 6.92 Å². The van der Waals surface area contributed by atoms with E-state index in [1.165, 1.54) is 0 Å². The van der Waals surface area contributed by atoms with E-state index in [1.54, 1.807) is 9.80 Å². The van der Waals surface area contributed by atoms with Gasteiger partial charge in [0.15, 0.2) is 0 Å². The molecule has 0 saturated carbocycles. The van der Waals surface area contributed by atoms with E-state index in [0.717, 1.165) is 0 Å². The molecule has 2 heterocycles. The Bertz CT molecular complexity index is 404. The van der Waals surface area contributed by atoms with Crippen LogP contribution in [0.2, 0.25) is 0 Å². The molecule has 8 heteroatoms. The van der Waals surface area contributed by atoms with Crippen molar-refractivity contribution in [3.05, 3.63) is 0 Å². The number of hydrogen-bond donors (Lipinski definition) is 2. The standard InChI is InChI=1S/C11H16N4O4/c1-7(15-5-10(18)13-11(19)6-15)2-14-3-8(16)12-9(17)4-14/h7H,2-6H2,1H3,(H,12,16,17)(H,13,18,19)/t7-/m1/s1. The smallest absolute Gasteiger partial charge is 0.240 e. The van der Waals surface area contributed by atoms with Crippen molar-refractivity contribution in [2.75, 3.05) is 32.7 Å². The van der Waals surface area contributed by atoms with Crippen molar-refractivity contribution >= 4 is 23.6 Å². The number of rotatable bonds is 3. The molecule has 0 bridgehead atoms. The van der Waals surface area contributed by atoms with E-state index in [2.05, 4.69) is 10.6 Å². The summed E-state index contributed by atoms with van der Waals surface area (Å²) in [5.41, 5.74) is 0. The fourth-order valence-electron chi connectivity index (χ4n) is 2.29. The molecule has 2 rings (SSSR count). The number of carbonyl (C=O) groups is 4. The number of piperazine rings is 2. The van der Waals surface area contributed by atoms with Crippen LogP contribution in [-0.4, -0.2) is 72.2 Å². The molecule has 8 nitrogen and oxygen atoms in total. The number of carbonyl (C=O) groups excluding carboxylic acids is 4. The average molecular weight is 268 g/mol. The summed E-state index contributed by atoms with van der Waals surface area (Å²) in [5, 5.41) is 4.46. The van der Waals surface area contributed by atoms with Crippen LogP contribution in [-0.2, 0) is 19.2 Å². The third-order valence-electron chi connectivity index (χ3n) is 3.13. The largest absolute Gasteiger partial charge is 0.294 e. The summed E-state index contributed by atoms with van der Waals surface area (Å²) >= 11 is 0. The molecule has 2 fully saturated rings. The first-order chi connectivity index (χ1) is 8.94. The third-order valence-corrected chi connectivity index (χ3v) is 3.13. The second-order valence-electron chi connectivity index (χ2n) is 4.87. The van der Waals surface area contributed by atoms with Gasteiger partial charge >= 0.3 is 0 Å². The Labute approximate surface area is 110 Å². The summed E-state index contributed by atoms with van der Waals surface area (Å²) in [7, 11) is 0. The molecule has 4 amide bonds. The van der Waals surface area contributed by atoms with Gasteiger partial charge in [0.05, 0.1) is 26.2 Å². The Hall–Kier alpha value is -1.80. The fraction of sp³-hybridized carbons (Fsp3) is 0.636. The van der Waals surface area contributed by atoms with Gasteiger partial charge in [-0.25, -0.2) is 0 Å². The second-order valence-corrected chi connectivity index (χ2v) is 4.87. The van der Waals surface area contributed by atoms with E-state index in [9.17, 15) is 19.2 Å². The van der Waals surface area contributed by atoms with Crippen LogP contribution in [0.5, 0.6) is 0 Å². The Morgan fingerprint density at radius 1 is 0.895 bits per heavy atom. The van der Waals surface area contributed by atoms with E-state index in [0.29, 0.717) is 6.54 Å². The van der Waals surface area contributed by atoms with Gasteiger partial charge in [0.1, 0.15) is 0 Å². The molecule has 0 aromatic carbocycles. The van der Waals surface area contributed by atoms with Gasteiger partial charge in [0.25, 0.3) is 0 Å². The predicted octanol–water partition coefficient (Wildman–Crippen LogP) is -2.71. The van der Waals surface area contributed by atoms with Gasteiger partial charge in [0.2, 0.25) is 23.6 Å². The van der Waals surface area contributed by atoms with Gasteiger partial charge in [-0.05, 0) is 6.92 Å². The molecule has 1 atom stereocenters.